The fourth-order valence-corrected chi connectivity index (χ4v) is 2.11. The molecule has 92 valence electrons. The summed E-state index contributed by atoms with van der Waals surface area (Å²) in [6.07, 6.45) is 0.679. The van der Waals surface area contributed by atoms with Gasteiger partial charge in [-0.15, -0.1) is 0 Å². The topological polar surface area (TPSA) is 26.3 Å². The molecule has 4 heteroatoms. The number of ether oxygens (including phenoxy) is 1. The van der Waals surface area contributed by atoms with Gasteiger partial charge in [0.1, 0.15) is 12.4 Å². The largest absolute Gasteiger partial charge is 0.487 e. The second kappa shape index (κ2) is 5.89. The van der Waals surface area contributed by atoms with Gasteiger partial charge in [0.05, 0.1) is 10.6 Å². The van der Waals surface area contributed by atoms with Gasteiger partial charge in [0.2, 0.25) is 0 Å². The van der Waals surface area contributed by atoms with Crippen LogP contribution in [-0.4, -0.2) is 6.29 Å². The maximum absolute atomic E-state index is 10.9. The van der Waals surface area contributed by atoms with E-state index in [9.17, 15) is 4.79 Å². The Morgan fingerprint density at radius 1 is 1.11 bits per heavy atom. The van der Waals surface area contributed by atoms with Crippen LogP contribution >= 0.6 is 23.2 Å². The first-order valence-electron chi connectivity index (χ1n) is 5.31. The number of halogens is 2. The molecule has 0 spiro atoms. The summed E-state index contributed by atoms with van der Waals surface area (Å²) in [7, 11) is 0. The highest BCUT2D eigenvalue weighted by atomic mass is 35.5. The van der Waals surface area contributed by atoms with Crippen molar-refractivity contribution in [1.29, 1.82) is 0 Å². The fourth-order valence-electron chi connectivity index (χ4n) is 1.55. The molecule has 0 aliphatic carbocycles. The quantitative estimate of drug-likeness (QED) is 0.777. The molecule has 0 N–H and O–H groups in total. The van der Waals surface area contributed by atoms with Crippen LogP contribution < -0.4 is 4.74 Å². The number of hydrogen-bond acceptors (Lipinski definition) is 2. The van der Waals surface area contributed by atoms with Crippen LogP contribution in [0.2, 0.25) is 10.0 Å². The summed E-state index contributed by atoms with van der Waals surface area (Å²) in [6.45, 7) is 0.350. The van der Waals surface area contributed by atoms with Crippen LogP contribution in [0.4, 0.5) is 0 Å². The molecule has 0 saturated heterocycles. The van der Waals surface area contributed by atoms with E-state index in [1.807, 2.05) is 30.3 Å². The molecule has 2 aromatic carbocycles. The molecule has 0 unspecified atom stereocenters. The predicted octanol–water partition coefficient (Wildman–Crippen LogP) is 4.38. The van der Waals surface area contributed by atoms with Crippen molar-refractivity contribution in [2.45, 2.75) is 6.61 Å². The maximum Gasteiger partial charge on any atom is 0.153 e. The maximum atomic E-state index is 10.9. The molecule has 0 atom stereocenters. The number of benzene rings is 2. The Morgan fingerprint density at radius 3 is 2.50 bits per heavy atom. The van der Waals surface area contributed by atoms with E-state index < -0.39 is 0 Å². The molecule has 0 radical (unpaired) electrons. The van der Waals surface area contributed by atoms with E-state index in [4.69, 9.17) is 27.9 Å². The number of aldehydes is 1. The molecule has 0 bridgehead atoms. The van der Waals surface area contributed by atoms with E-state index in [1.54, 1.807) is 6.07 Å². The lowest BCUT2D eigenvalue weighted by atomic mass is 10.2. The summed E-state index contributed by atoms with van der Waals surface area (Å²) in [5, 5.41) is 0.745. The molecule has 2 aromatic rings. The van der Waals surface area contributed by atoms with Gasteiger partial charge in [0.15, 0.2) is 6.29 Å². The van der Waals surface area contributed by atoms with Crippen molar-refractivity contribution < 1.29 is 9.53 Å². The first-order chi connectivity index (χ1) is 8.70. The van der Waals surface area contributed by atoms with Crippen molar-refractivity contribution in [3.63, 3.8) is 0 Å². The van der Waals surface area contributed by atoms with E-state index in [1.165, 1.54) is 6.07 Å². The van der Waals surface area contributed by atoms with Gasteiger partial charge in [-0.2, -0.15) is 0 Å². The molecule has 0 saturated carbocycles. The van der Waals surface area contributed by atoms with Crippen molar-refractivity contribution >= 4 is 29.5 Å². The Hall–Kier alpha value is -1.51. The van der Waals surface area contributed by atoms with Gasteiger partial charge in [0.25, 0.3) is 0 Å². The lowest BCUT2D eigenvalue weighted by Crippen LogP contribution is -1.99. The minimum absolute atomic E-state index is 0.334. The Bertz CT molecular complexity index is 553. The lowest BCUT2D eigenvalue weighted by molar-refractivity contribution is 0.111. The van der Waals surface area contributed by atoms with Crippen LogP contribution in [0.25, 0.3) is 0 Å². The van der Waals surface area contributed by atoms with Gasteiger partial charge >= 0.3 is 0 Å². The summed E-state index contributed by atoms with van der Waals surface area (Å²) >= 11 is 11.8. The molecule has 0 amide bonds. The van der Waals surface area contributed by atoms with E-state index in [2.05, 4.69) is 0 Å². The van der Waals surface area contributed by atoms with Crippen molar-refractivity contribution in [3.8, 4) is 5.75 Å². The Labute approximate surface area is 115 Å². The SMILES string of the molecule is O=Cc1cc(Cl)cc(Cl)c1OCc1ccccc1. The summed E-state index contributed by atoms with van der Waals surface area (Å²) < 4.78 is 5.58. The van der Waals surface area contributed by atoms with Gasteiger partial charge in [-0.05, 0) is 17.7 Å². The molecule has 2 nitrogen and oxygen atoms in total. The normalized spacial score (nSPS) is 10.1. The van der Waals surface area contributed by atoms with Crippen LogP contribution in [0.5, 0.6) is 5.75 Å². The van der Waals surface area contributed by atoms with Crippen molar-refractivity contribution in [2.24, 2.45) is 0 Å². The Kier molecular flexibility index (Phi) is 4.24. The Morgan fingerprint density at radius 2 is 1.83 bits per heavy atom. The van der Waals surface area contributed by atoms with Crippen LogP contribution in [0.15, 0.2) is 42.5 Å². The lowest BCUT2D eigenvalue weighted by Gasteiger charge is -2.10. The van der Waals surface area contributed by atoms with Crippen LogP contribution in [0, 0.1) is 0 Å². The zero-order valence-corrected chi connectivity index (χ0v) is 10.9. The van der Waals surface area contributed by atoms with E-state index in [-0.39, 0.29) is 0 Å². The number of carbonyl (C=O) groups is 1. The zero-order valence-electron chi connectivity index (χ0n) is 9.40. The number of carbonyl (C=O) groups excluding carboxylic acids is 1. The van der Waals surface area contributed by atoms with Crippen molar-refractivity contribution in [3.05, 3.63) is 63.6 Å². The fraction of sp³-hybridized carbons (Fsp3) is 0.0714. The molecule has 0 aliphatic heterocycles. The van der Waals surface area contributed by atoms with E-state index in [0.29, 0.717) is 34.3 Å². The molecular formula is C14H10Cl2O2. The minimum Gasteiger partial charge on any atom is -0.487 e. The Balaban J connectivity index is 2.21. The summed E-state index contributed by atoms with van der Waals surface area (Å²) in [6, 6.07) is 12.7. The standard InChI is InChI=1S/C14H10Cl2O2/c15-12-6-11(8-17)14(13(16)7-12)18-9-10-4-2-1-3-5-10/h1-8H,9H2. The smallest absolute Gasteiger partial charge is 0.153 e. The summed E-state index contributed by atoms with van der Waals surface area (Å²) in [5.74, 6) is 0.361. The van der Waals surface area contributed by atoms with Crippen LogP contribution in [-0.2, 0) is 6.61 Å². The highest BCUT2D eigenvalue weighted by molar-refractivity contribution is 6.36. The molecule has 0 aromatic heterocycles. The third kappa shape index (κ3) is 3.03. The van der Waals surface area contributed by atoms with Crippen molar-refractivity contribution in [1.82, 2.24) is 0 Å². The highest BCUT2D eigenvalue weighted by Gasteiger charge is 2.10. The van der Waals surface area contributed by atoms with Crippen LogP contribution in [0.3, 0.4) is 0 Å². The average molecular weight is 281 g/mol. The molecule has 0 heterocycles. The molecule has 0 aliphatic rings. The zero-order chi connectivity index (χ0) is 13.0. The monoisotopic (exact) mass is 280 g/mol. The predicted molar refractivity (Wildman–Crippen MR) is 72.6 cm³/mol. The second-order valence-electron chi connectivity index (χ2n) is 3.70. The van der Waals surface area contributed by atoms with Gasteiger partial charge < -0.3 is 4.74 Å². The minimum atomic E-state index is 0.334. The number of hydrogen-bond donors (Lipinski definition) is 0. The van der Waals surface area contributed by atoms with E-state index in [0.717, 1.165) is 5.56 Å². The van der Waals surface area contributed by atoms with Crippen LogP contribution in [0.1, 0.15) is 15.9 Å². The number of rotatable bonds is 4. The molecule has 18 heavy (non-hydrogen) atoms. The summed E-state index contributed by atoms with van der Waals surface area (Å²) in [4.78, 5) is 10.9. The third-order valence-electron chi connectivity index (χ3n) is 2.39. The van der Waals surface area contributed by atoms with E-state index >= 15 is 0 Å². The molecule has 2 rings (SSSR count). The average Bonchev–Trinajstić information content (AvgIpc) is 2.38. The highest BCUT2D eigenvalue weighted by Crippen LogP contribution is 2.32. The van der Waals surface area contributed by atoms with Gasteiger partial charge in [-0.3, -0.25) is 4.79 Å². The molecule has 0 fully saturated rings. The van der Waals surface area contributed by atoms with Crippen molar-refractivity contribution in [2.75, 3.05) is 0 Å². The first kappa shape index (κ1) is 12.9. The van der Waals surface area contributed by atoms with Gasteiger partial charge in [-0.25, -0.2) is 0 Å². The van der Waals surface area contributed by atoms with Gasteiger partial charge in [0, 0.05) is 5.02 Å². The molecular weight excluding hydrogens is 271 g/mol. The third-order valence-corrected chi connectivity index (χ3v) is 2.89. The first-order valence-corrected chi connectivity index (χ1v) is 6.07. The second-order valence-corrected chi connectivity index (χ2v) is 4.54. The summed E-state index contributed by atoms with van der Waals surface area (Å²) in [5.41, 5.74) is 1.35. The van der Waals surface area contributed by atoms with Gasteiger partial charge in [-0.1, -0.05) is 53.5 Å².